The van der Waals surface area contributed by atoms with Gasteiger partial charge in [-0.1, -0.05) is 41.5 Å². The molecule has 0 fully saturated rings. The fourth-order valence-corrected chi connectivity index (χ4v) is 3.98. The Balaban J connectivity index is 0.000000399. The molecule has 0 amide bonds. The van der Waals surface area contributed by atoms with Crippen molar-refractivity contribution in [1.29, 1.82) is 0 Å². The van der Waals surface area contributed by atoms with Crippen LogP contribution in [0.15, 0.2) is 48.5 Å². The van der Waals surface area contributed by atoms with Gasteiger partial charge in [0.2, 0.25) is 0 Å². The zero-order valence-electron chi connectivity index (χ0n) is 26.3. The number of anilines is 4. The highest BCUT2D eigenvalue weighted by Crippen LogP contribution is 2.19. The molecule has 4 nitrogen and oxygen atoms in total. The lowest BCUT2D eigenvalue weighted by Crippen LogP contribution is -2.17. The van der Waals surface area contributed by atoms with Gasteiger partial charge in [0.05, 0.1) is 0 Å². The third kappa shape index (κ3) is 15.8. The fourth-order valence-electron chi connectivity index (χ4n) is 3.98. The number of nitrogens with one attached hydrogen (secondary N) is 4. The van der Waals surface area contributed by atoms with E-state index in [0.29, 0.717) is 24.2 Å². The Hall–Kier alpha value is -2.36. The van der Waals surface area contributed by atoms with Gasteiger partial charge in [-0.25, -0.2) is 0 Å². The van der Waals surface area contributed by atoms with E-state index < -0.39 is 0 Å². The van der Waals surface area contributed by atoms with Crippen LogP contribution < -0.4 is 21.3 Å². The normalized spacial score (nSPS) is 14.2. The second kappa shape index (κ2) is 18.8. The van der Waals surface area contributed by atoms with Gasteiger partial charge in [0.15, 0.2) is 0 Å². The van der Waals surface area contributed by atoms with Gasteiger partial charge in [-0.3, -0.25) is 0 Å². The molecule has 0 heterocycles. The molecule has 38 heavy (non-hydrogen) atoms. The van der Waals surface area contributed by atoms with Crippen LogP contribution in [0.2, 0.25) is 0 Å². The van der Waals surface area contributed by atoms with Gasteiger partial charge in [0.25, 0.3) is 0 Å². The summed E-state index contributed by atoms with van der Waals surface area (Å²) >= 11 is 0. The van der Waals surface area contributed by atoms with E-state index in [-0.39, 0.29) is 0 Å². The van der Waals surface area contributed by atoms with E-state index in [0.717, 1.165) is 24.7 Å². The van der Waals surface area contributed by atoms with Crippen LogP contribution in [0.5, 0.6) is 0 Å². The first-order chi connectivity index (χ1) is 18.0. The molecule has 0 aliphatic rings. The largest absolute Gasteiger partial charge is 0.383 e. The smallest absolute Gasteiger partial charge is 0.0343 e. The number of benzene rings is 2. The SMILES string of the molecule is CC(C)CCC(C)Nc1ccc(NC(C)CCC(C)C)cc1.CCC(C)Nc1ccc(NC(C)CC)cc1. The first kappa shape index (κ1) is 33.7. The molecule has 2 aromatic rings. The first-order valence-corrected chi connectivity index (χ1v) is 15.3. The molecule has 2 rings (SSSR count). The Labute approximate surface area is 236 Å². The van der Waals surface area contributed by atoms with Crippen LogP contribution in [-0.2, 0) is 0 Å². The zero-order valence-corrected chi connectivity index (χ0v) is 26.3. The lowest BCUT2D eigenvalue weighted by molar-refractivity contribution is 0.527. The predicted molar refractivity (Wildman–Crippen MR) is 174 cm³/mol. The van der Waals surface area contributed by atoms with Gasteiger partial charge >= 0.3 is 0 Å². The minimum Gasteiger partial charge on any atom is -0.383 e. The summed E-state index contributed by atoms with van der Waals surface area (Å²) in [5.74, 6) is 1.56. The maximum atomic E-state index is 3.59. The van der Waals surface area contributed by atoms with Crippen molar-refractivity contribution in [2.75, 3.05) is 21.3 Å². The summed E-state index contributed by atoms with van der Waals surface area (Å²) in [5.41, 5.74) is 4.83. The molecule has 4 atom stereocenters. The van der Waals surface area contributed by atoms with Crippen molar-refractivity contribution in [3.05, 3.63) is 48.5 Å². The number of hydrogen-bond acceptors (Lipinski definition) is 4. The maximum Gasteiger partial charge on any atom is 0.0343 e. The van der Waals surface area contributed by atoms with Gasteiger partial charge in [0, 0.05) is 46.9 Å². The van der Waals surface area contributed by atoms with Gasteiger partial charge in [-0.15, -0.1) is 0 Å². The maximum absolute atomic E-state index is 3.59. The summed E-state index contributed by atoms with van der Waals surface area (Å²) in [6.07, 6.45) is 7.30. The molecular formula is C34H60N4. The topological polar surface area (TPSA) is 48.1 Å². The van der Waals surface area contributed by atoms with E-state index in [1.165, 1.54) is 48.4 Å². The average Bonchev–Trinajstić information content (AvgIpc) is 2.88. The van der Waals surface area contributed by atoms with Crippen LogP contribution in [0.4, 0.5) is 22.7 Å². The van der Waals surface area contributed by atoms with Crippen LogP contribution in [-0.4, -0.2) is 24.2 Å². The van der Waals surface area contributed by atoms with E-state index in [1.54, 1.807) is 0 Å². The second-order valence-electron chi connectivity index (χ2n) is 12.1. The summed E-state index contributed by atoms with van der Waals surface area (Å²) < 4.78 is 0. The van der Waals surface area contributed by atoms with E-state index in [9.17, 15) is 0 Å². The van der Waals surface area contributed by atoms with Crippen molar-refractivity contribution in [2.45, 2.75) is 132 Å². The molecule has 0 saturated heterocycles. The quantitative estimate of drug-likeness (QED) is 0.176. The summed E-state index contributed by atoms with van der Waals surface area (Å²) in [6.45, 7) is 22.5. The molecule has 0 aromatic heterocycles. The first-order valence-electron chi connectivity index (χ1n) is 15.3. The molecule has 4 heteroatoms. The van der Waals surface area contributed by atoms with E-state index in [4.69, 9.17) is 0 Å². The molecule has 0 bridgehead atoms. The molecule has 0 spiro atoms. The predicted octanol–water partition coefficient (Wildman–Crippen LogP) is 10.3. The molecule has 0 saturated carbocycles. The van der Waals surface area contributed by atoms with Crippen molar-refractivity contribution in [1.82, 2.24) is 0 Å². The van der Waals surface area contributed by atoms with Crippen LogP contribution in [0, 0.1) is 11.8 Å². The Bertz CT molecular complexity index is 759. The third-order valence-corrected chi connectivity index (χ3v) is 7.00. The second-order valence-corrected chi connectivity index (χ2v) is 12.1. The van der Waals surface area contributed by atoms with Crippen LogP contribution >= 0.6 is 0 Å². The van der Waals surface area contributed by atoms with E-state index in [1.807, 2.05) is 0 Å². The molecule has 0 radical (unpaired) electrons. The molecule has 2 aromatic carbocycles. The standard InChI is InChI=1S/C20H36N2.C14H24N2/c1-15(2)7-9-17(5)21-19-11-13-20(14-12-19)22-18(6)10-8-16(3)4;1-5-11(3)15-13-7-9-14(10-8-13)16-12(4)6-2/h11-18,21-22H,7-10H2,1-6H3;7-12,15-16H,5-6H2,1-4H3. The van der Waals surface area contributed by atoms with Gasteiger partial charge in [0.1, 0.15) is 0 Å². The van der Waals surface area contributed by atoms with Crippen molar-refractivity contribution < 1.29 is 0 Å². The molecule has 216 valence electrons. The minimum atomic E-state index is 0.533. The zero-order chi connectivity index (χ0) is 28.5. The molecule has 0 aliphatic heterocycles. The lowest BCUT2D eigenvalue weighted by atomic mass is 10.0. The monoisotopic (exact) mass is 524 g/mol. The van der Waals surface area contributed by atoms with Crippen molar-refractivity contribution in [3.63, 3.8) is 0 Å². The summed E-state index contributed by atoms with van der Waals surface area (Å²) in [4.78, 5) is 0. The van der Waals surface area contributed by atoms with Gasteiger partial charge < -0.3 is 21.3 Å². The van der Waals surface area contributed by atoms with Crippen molar-refractivity contribution in [3.8, 4) is 0 Å². The van der Waals surface area contributed by atoms with E-state index in [2.05, 4.69) is 139 Å². The molecular weight excluding hydrogens is 464 g/mol. The Kier molecular flexibility index (Phi) is 16.7. The van der Waals surface area contributed by atoms with Gasteiger partial charge in [-0.05, 0) is 127 Å². The number of hydrogen-bond donors (Lipinski definition) is 4. The lowest BCUT2D eigenvalue weighted by Gasteiger charge is -2.18. The molecule has 4 N–H and O–H groups in total. The molecule has 4 unspecified atom stereocenters. The van der Waals surface area contributed by atoms with Gasteiger partial charge in [-0.2, -0.15) is 0 Å². The van der Waals surface area contributed by atoms with Crippen LogP contribution in [0.3, 0.4) is 0 Å². The Morgan fingerprint density at radius 3 is 0.842 bits per heavy atom. The molecule has 0 aliphatic carbocycles. The fraction of sp³-hybridized carbons (Fsp3) is 0.647. The Morgan fingerprint density at radius 2 is 0.632 bits per heavy atom. The average molecular weight is 525 g/mol. The highest BCUT2D eigenvalue weighted by Gasteiger charge is 2.06. The number of rotatable bonds is 16. The summed E-state index contributed by atoms with van der Waals surface area (Å²) in [5, 5.41) is 14.1. The van der Waals surface area contributed by atoms with E-state index >= 15 is 0 Å². The van der Waals surface area contributed by atoms with Crippen LogP contribution in [0.25, 0.3) is 0 Å². The highest BCUT2D eigenvalue weighted by atomic mass is 14.9. The van der Waals surface area contributed by atoms with Crippen molar-refractivity contribution >= 4 is 22.7 Å². The highest BCUT2D eigenvalue weighted by molar-refractivity contribution is 5.55. The minimum absolute atomic E-state index is 0.533. The van der Waals surface area contributed by atoms with Crippen LogP contribution in [0.1, 0.15) is 108 Å². The van der Waals surface area contributed by atoms with Crippen molar-refractivity contribution in [2.24, 2.45) is 11.8 Å². The Morgan fingerprint density at radius 1 is 0.395 bits per heavy atom. The summed E-state index contributed by atoms with van der Waals surface area (Å²) in [7, 11) is 0. The summed E-state index contributed by atoms with van der Waals surface area (Å²) in [6, 6.07) is 19.4. The third-order valence-electron chi connectivity index (χ3n) is 7.00.